The number of rotatable bonds is 5. The first-order valence-corrected chi connectivity index (χ1v) is 7.75. The maximum Gasteiger partial charge on any atom is 0.310 e. The third-order valence-corrected chi connectivity index (χ3v) is 4.03. The van der Waals surface area contributed by atoms with Crippen molar-refractivity contribution in [3.63, 3.8) is 0 Å². The second-order valence-corrected chi connectivity index (χ2v) is 5.71. The van der Waals surface area contributed by atoms with Gasteiger partial charge in [-0.1, -0.05) is 0 Å². The summed E-state index contributed by atoms with van der Waals surface area (Å²) in [6.45, 7) is 0.223. The van der Waals surface area contributed by atoms with E-state index >= 15 is 0 Å². The lowest BCUT2D eigenvalue weighted by Crippen LogP contribution is -2.15. The van der Waals surface area contributed by atoms with Gasteiger partial charge in [-0.15, -0.1) is 0 Å². The van der Waals surface area contributed by atoms with Crippen LogP contribution in [-0.4, -0.2) is 17.7 Å². The number of hydrogen-bond acceptors (Lipinski definition) is 7. The van der Waals surface area contributed by atoms with E-state index in [1.807, 2.05) is 16.8 Å². The quantitative estimate of drug-likeness (QED) is 0.474. The number of nitro groups is 1. The van der Waals surface area contributed by atoms with Gasteiger partial charge >= 0.3 is 5.97 Å². The number of non-ortho nitro benzene ring substituents is 1. The maximum atomic E-state index is 11.9. The van der Waals surface area contributed by atoms with Gasteiger partial charge in [-0.2, -0.15) is 11.3 Å². The van der Waals surface area contributed by atoms with Crippen molar-refractivity contribution in [3.05, 3.63) is 55.8 Å². The van der Waals surface area contributed by atoms with Gasteiger partial charge in [0.05, 0.1) is 18.0 Å². The molecule has 0 bridgehead atoms. The fraction of sp³-hybridized carbons (Fsp3) is 0.267. The van der Waals surface area contributed by atoms with Gasteiger partial charge in [0.15, 0.2) is 6.79 Å². The molecule has 0 spiro atoms. The molecule has 0 N–H and O–H groups in total. The number of esters is 1. The van der Waals surface area contributed by atoms with Crippen molar-refractivity contribution in [1.82, 2.24) is 0 Å². The van der Waals surface area contributed by atoms with E-state index in [0.29, 0.717) is 16.9 Å². The Hall–Kier alpha value is -2.45. The first-order valence-electron chi connectivity index (χ1n) is 6.81. The highest BCUT2D eigenvalue weighted by atomic mass is 32.1. The van der Waals surface area contributed by atoms with Crippen LogP contribution >= 0.6 is 11.3 Å². The Morgan fingerprint density at radius 1 is 1.43 bits per heavy atom. The Morgan fingerprint density at radius 2 is 2.30 bits per heavy atom. The highest BCUT2D eigenvalue weighted by Crippen LogP contribution is 2.33. The van der Waals surface area contributed by atoms with Crippen molar-refractivity contribution < 1.29 is 23.9 Å². The van der Waals surface area contributed by atoms with Crippen LogP contribution in [0.4, 0.5) is 5.69 Å². The lowest BCUT2D eigenvalue weighted by atomic mass is 10.1. The zero-order chi connectivity index (χ0) is 16.2. The van der Waals surface area contributed by atoms with Crippen LogP contribution in [0.15, 0.2) is 29.0 Å². The molecule has 0 radical (unpaired) electrons. The Bertz CT molecular complexity index is 728. The normalized spacial score (nSPS) is 13.0. The first-order chi connectivity index (χ1) is 11.1. The van der Waals surface area contributed by atoms with Crippen LogP contribution < -0.4 is 4.74 Å². The number of ether oxygens (including phenoxy) is 3. The molecule has 0 saturated carbocycles. The predicted molar refractivity (Wildman–Crippen MR) is 81.2 cm³/mol. The molecular weight excluding hydrogens is 322 g/mol. The monoisotopic (exact) mass is 335 g/mol. The van der Waals surface area contributed by atoms with E-state index in [-0.39, 0.29) is 32.1 Å². The van der Waals surface area contributed by atoms with Crippen molar-refractivity contribution in [2.24, 2.45) is 0 Å². The minimum absolute atomic E-state index is 0.0701. The van der Waals surface area contributed by atoms with E-state index < -0.39 is 10.9 Å². The summed E-state index contributed by atoms with van der Waals surface area (Å²) in [5.41, 5.74) is 1.85. The number of nitrogens with zero attached hydrogens (tertiary/aromatic N) is 1. The van der Waals surface area contributed by atoms with Gasteiger partial charge in [-0.3, -0.25) is 14.9 Å². The smallest absolute Gasteiger partial charge is 0.310 e. The molecule has 7 nitrogen and oxygen atoms in total. The van der Waals surface area contributed by atoms with Crippen LogP contribution in [0, 0.1) is 10.1 Å². The molecule has 0 aliphatic carbocycles. The number of fused-ring (bicyclic) bond motifs is 1. The van der Waals surface area contributed by atoms with Gasteiger partial charge in [-0.05, 0) is 22.4 Å². The molecule has 2 heterocycles. The summed E-state index contributed by atoms with van der Waals surface area (Å²) in [5, 5.41) is 14.8. The van der Waals surface area contributed by atoms with Crippen LogP contribution in [0.2, 0.25) is 0 Å². The van der Waals surface area contributed by atoms with Crippen molar-refractivity contribution in [2.75, 3.05) is 6.79 Å². The van der Waals surface area contributed by atoms with Crippen LogP contribution in [0.1, 0.15) is 16.7 Å². The fourth-order valence-corrected chi connectivity index (χ4v) is 2.93. The van der Waals surface area contributed by atoms with E-state index in [1.165, 1.54) is 23.5 Å². The summed E-state index contributed by atoms with van der Waals surface area (Å²) in [5.74, 6) is 0.0981. The summed E-state index contributed by atoms with van der Waals surface area (Å²) in [6.07, 6.45) is 0.171. The molecule has 1 aliphatic rings. The molecule has 120 valence electrons. The largest absolute Gasteiger partial charge is 0.467 e. The summed E-state index contributed by atoms with van der Waals surface area (Å²) in [6, 6.07) is 4.62. The maximum absolute atomic E-state index is 11.9. The lowest BCUT2D eigenvalue weighted by molar-refractivity contribution is -0.385. The van der Waals surface area contributed by atoms with E-state index in [4.69, 9.17) is 14.2 Å². The number of carbonyl (C=O) groups is 1. The van der Waals surface area contributed by atoms with Crippen LogP contribution in [0.5, 0.6) is 5.75 Å². The number of carbonyl (C=O) groups excluding carboxylic acids is 1. The molecule has 1 aromatic heterocycles. The summed E-state index contributed by atoms with van der Waals surface area (Å²) >= 11 is 1.50. The Labute approximate surface area is 135 Å². The van der Waals surface area contributed by atoms with Gasteiger partial charge in [0, 0.05) is 23.3 Å². The van der Waals surface area contributed by atoms with Crippen molar-refractivity contribution in [1.29, 1.82) is 0 Å². The summed E-state index contributed by atoms with van der Waals surface area (Å²) < 4.78 is 15.7. The highest BCUT2D eigenvalue weighted by molar-refractivity contribution is 7.07. The predicted octanol–water partition coefficient (Wildman–Crippen LogP) is 2.81. The molecule has 2 aromatic rings. The molecular formula is C15H13NO6S. The van der Waals surface area contributed by atoms with Crippen molar-refractivity contribution in [2.45, 2.75) is 19.6 Å². The van der Waals surface area contributed by atoms with Crippen LogP contribution in [-0.2, 0) is 33.9 Å². The second-order valence-electron chi connectivity index (χ2n) is 4.93. The Kier molecular flexibility index (Phi) is 4.54. The third-order valence-electron chi connectivity index (χ3n) is 3.30. The van der Waals surface area contributed by atoms with Gasteiger partial charge in [0.1, 0.15) is 12.4 Å². The second kappa shape index (κ2) is 6.76. The van der Waals surface area contributed by atoms with Gasteiger partial charge < -0.3 is 14.2 Å². The Morgan fingerprint density at radius 3 is 3.04 bits per heavy atom. The van der Waals surface area contributed by atoms with E-state index in [1.54, 1.807) is 0 Å². The van der Waals surface area contributed by atoms with Crippen LogP contribution in [0.3, 0.4) is 0 Å². The number of benzene rings is 1. The fourth-order valence-electron chi connectivity index (χ4n) is 2.26. The van der Waals surface area contributed by atoms with Crippen LogP contribution in [0.25, 0.3) is 0 Å². The minimum Gasteiger partial charge on any atom is -0.467 e. The molecule has 3 rings (SSSR count). The molecule has 1 aromatic carbocycles. The molecule has 0 unspecified atom stereocenters. The van der Waals surface area contributed by atoms with Gasteiger partial charge in [0.2, 0.25) is 0 Å². The van der Waals surface area contributed by atoms with Crippen molar-refractivity contribution >= 4 is 23.0 Å². The molecule has 0 amide bonds. The standard InChI is InChI=1S/C15H13NO6S/c17-14(3-10-1-2-23-8-10)21-7-12-5-13(16(18)19)4-11-6-20-9-22-15(11)12/h1-2,4-5,8H,3,6-7,9H2. The highest BCUT2D eigenvalue weighted by Gasteiger charge is 2.21. The molecule has 0 fully saturated rings. The summed E-state index contributed by atoms with van der Waals surface area (Å²) in [4.78, 5) is 22.4. The number of hydrogen-bond donors (Lipinski definition) is 0. The van der Waals surface area contributed by atoms with E-state index in [2.05, 4.69) is 0 Å². The average Bonchev–Trinajstić information content (AvgIpc) is 3.05. The molecule has 0 saturated heterocycles. The van der Waals surface area contributed by atoms with Gasteiger partial charge in [0.25, 0.3) is 5.69 Å². The summed E-state index contributed by atoms with van der Waals surface area (Å²) in [7, 11) is 0. The van der Waals surface area contributed by atoms with E-state index in [0.717, 1.165) is 5.56 Å². The third kappa shape index (κ3) is 3.66. The zero-order valence-electron chi connectivity index (χ0n) is 12.0. The number of thiophene rings is 1. The SMILES string of the molecule is O=C(Cc1ccsc1)OCc1cc([N+](=O)[O-])cc2c1OCOC2. The topological polar surface area (TPSA) is 87.9 Å². The number of nitro benzene ring substituents is 1. The van der Waals surface area contributed by atoms with Gasteiger partial charge in [-0.25, -0.2) is 0 Å². The molecule has 0 atom stereocenters. The lowest BCUT2D eigenvalue weighted by Gasteiger charge is -2.20. The van der Waals surface area contributed by atoms with Crippen molar-refractivity contribution in [3.8, 4) is 5.75 Å². The molecule has 1 aliphatic heterocycles. The Balaban J connectivity index is 1.74. The average molecular weight is 335 g/mol. The molecule has 8 heteroatoms. The van der Waals surface area contributed by atoms with E-state index in [9.17, 15) is 14.9 Å². The first kappa shape index (κ1) is 15.4. The molecule has 23 heavy (non-hydrogen) atoms. The minimum atomic E-state index is -0.494. The zero-order valence-corrected chi connectivity index (χ0v) is 12.8.